The van der Waals surface area contributed by atoms with Gasteiger partial charge in [-0.3, -0.25) is 14.4 Å². The molecule has 4 rings (SSSR count). The van der Waals surface area contributed by atoms with E-state index >= 15 is 0 Å². The molecular weight excluding hydrogens is 462 g/mol. The van der Waals surface area contributed by atoms with E-state index in [1.807, 2.05) is 12.1 Å². The van der Waals surface area contributed by atoms with Crippen LogP contribution in [0.2, 0.25) is 0 Å². The molecule has 1 aliphatic heterocycles. The predicted octanol–water partition coefficient (Wildman–Crippen LogP) is 4.10. The molecule has 1 fully saturated rings. The first-order valence-electron chi connectivity index (χ1n) is 11.4. The lowest BCUT2D eigenvalue weighted by atomic mass is 10.1. The van der Waals surface area contributed by atoms with Gasteiger partial charge in [0.1, 0.15) is 5.75 Å². The summed E-state index contributed by atoms with van der Waals surface area (Å²) in [7, 11) is 2.98. The van der Waals surface area contributed by atoms with Crippen molar-refractivity contribution in [1.82, 2.24) is 0 Å². The molecule has 0 bridgehead atoms. The number of carbonyl (C=O) groups excluding carboxylic acids is 3. The van der Waals surface area contributed by atoms with Crippen molar-refractivity contribution in [2.45, 2.75) is 12.8 Å². The van der Waals surface area contributed by atoms with E-state index in [-0.39, 0.29) is 24.3 Å². The molecule has 1 saturated heterocycles. The fourth-order valence-electron chi connectivity index (χ4n) is 3.85. The number of amides is 3. The maximum atomic E-state index is 12.8. The SMILES string of the molecule is COc1ccccc1NC(=O)COc1ccc(C(=O)Nc2ccc(N3CCCC3=O)cc2)cc1OC. The molecule has 0 radical (unpaired) electrons. The third-order valence-electron chi connectivity index (χ3n) is 5.68. The average Bonchev–Trinajstić information content (AvgIpc) is 3.33. The number of benzene rings is 3. The van der Waals surface area contributed by atoms with E-state index in [2.05, 4.69) is 10.6 Å². The molecule has 1 heterocycles. The van der Waals surface area contributed by atoms with E-state index in [4.69, 9.17) is 14.2 Å². The van der Waals surface area contributed by atoms with Crippen molar-refractivity contribution in [2.24, 2.45) is 0 Å². The standard InChI is InChI=1S/C27H27N3O6/c1-34-22-7-4-3-6-21(22)29-25(31)17-36-23-14-9-18(16-24(23)35-2)27(33)28-19-10-12-20(13-11-19)30-15-5-8-26(30)32/h3-4,6-7,9-14,16H,5,8,15,17H2,1-2H3,(H,28,33)(H,29,31). The summed E-state index contributed by atoms with van der Waals surface area (Å²) in [5, 5.41) is 5.57. The van der Waals surface area contributed by atoms with Crippen LogP contribution in [0.3, 0.4) is 0 Å². The first-order valence-corrected chi connectivity index (χ1v) is 11.4. The Bertz CT molecular complexity index is 1260. The Morgan fingerprint density at radius 1 is 0.889 bits per heavy atom. The first kappa shape index (κ1) is 24.6. The summed E-state index contributed by atoms with van der Waals surface area (Å²) >= 11 is 0. The quantitative estimate of drug-likeness (QED) is 0.469. The van der Waals surface area contributed by atoms with Crippen LogP contribution in [0.5, 0.6) is 17.2 Å². The zero-order valence-corrected chi connectivity index (χ0v) is 20.1. The summed E-state index contributed by atoms with van der Waals surface area (Å²) in [5.74, 6) is 0.581. The summed E-state index contributed by atoms with van der Waals surface area (Å²) in [5.41, 5.74) is 2.31. The molecule has 9 heteroatoms. The molecule has 0 aromatic heterocycles. The van der Waals surface area contributed by atoms with Gasteiger partial charge in [0.15, 0.2) is 18.1 Å². The Morgan fingerprint density at radius 3 is 2.33 bits per heavy atom. The van der Waals surface area contributed by atoms with Gasteiger partial charge in [-0.15, -0.1) is 0 Å². The third-order valence-corrected chi connectivity index (χ3v) is 5.68. The molecule has 0 saturated carbocycles. The molecule has 3 aromatic carbocycles. The van der Waals surface area contributed by atoms with Crippen LogP contribution in [-0.4, -0.2) is 45.1 Å². The molecule has 1 aliphatic rings. The Kier molecular flexibility index (Phi) is 7.69. The number of methoxy groups -OCH3 is 2. The Balaban J connectivity index is 1.36. The van der Waals surface area contributed by atoms with Gasteiger partial charge < -0.3 is 29.7 Å². The van der Waals surface area contributed by atoms with Crippen molar-refractivity contribution in [3.8, 4) is 17.2 Å². The summed E-state index contributed by atoms with van der Waals surface area (Å²) in [6.07, 6.45) is 1.41. The second-order valence-electron chi connectivity index (χ2n) is 8.05. The highest BCUT2D eigenvalue weighted by Crippen LogP contribution is 2.29. The predicted molar refractivity (Wildman–Crippen MR) is 136 cm³/mol. The highest BCUT2D eigenvalue weighted by molar-refractivity contribution is 6.05. The normalized spacial score (nSPS) is 12.7. The van der Waals surface area contributed by atoms with Crippen LogP contribution in [-0.2, 0) is 9.59 Å². The van der Waals surface area contributed by atoms with Gasteiger partial charge in [0, 0.05) is 29.9 Å². The van der Waals surface area contributed by atoms with Crippen molar-refractivity contribution in [3.05, 3.63) is 72.3 Å². The lowest BCUT2D eigenvalue weighted by molar-refractivity contribution is -0.118. The van der Waals surface area contributed by atoms with Crippen LogP contribution in [0.1, 0.15) is 23.2 Å². The number of carbonyl (C=O) groups is 3. The van der Waals surface area contributed by atoms with Gasteiger partial charge in [-0.1, -0.05) is 12.1 Å². The van der Waals surface area contributed by atoms with Crippen LogP contribution in [0.15, 0.2) is 66.7 Å². The van der Waals surface area contributed by atoms with E-state index in [1.165, 1.54) is 14.2 Å². The number of hydrogen-bond acceptors (Lipinski definition) is 6. The fourth-order valence-corrected chi connectivity index (χ4v) is 3.85. The van der Waals surface area contributed by atoms with Gasteiger partial charge in [-0.05, 0) is 61.0 Å². The lowest BCUT2D eigenvalue weighted by Gasteiger charge is -2.16. The zero-order chi connectivity index (χ0) is 25.5. The molecule has 186 valence electrons. The van der Waals surface area contributed by atoms with Gasteiger partial charge in [-0.25, -0.2) is 0 Å². The van der Waals surface area contributed by atoms with Gasteiger partial charge in [0.2, 0.25) is 5.91 Å². The number of anilines is 3. The Hall–Kier alpha value is -4.53. The minimum atomic E-state index is -0.373. The molecule has 3 aromatic rings. The van der Waals surface area contributed by atoms with Crippen LogP contribution < -0.4 is 29.7 Å². The van der Waals surface area contributed by atoms with Crippen LogP contribution in [0.4, 0.5) is 17.1 Å². The number of nitrogens with one attached hydrogen (secondary N) is 2. The van der Waals surface area contributed by atoms with Crippen molar-refractivity contribution in [1.29, 1.82) is 0 Å². The summed E-state index contributed by atoms with van der Waals surface area (Å²) < 4.78 is 16.2. The maximum absolute atomic E-state index is 12.8. The van der Waals surface area contributed by atoms with Crippen LogP contribution >= 0.6 is 0 Å². The molecule has 2 N–H and O–H groups in total. The van der Waals surface area contributed by atoms with Crippen molar-refractivity contribution >= 4 is 34.8 Å². The van der Waals surface area contributed by atoms with Gasteiger partial charge in [-0.2, -0.15) is 0 Å². The number of hydrogen-bond donors (Lipinski definition) is 2. The molecule has 0 aliphatic carbocycles. The van der Waals surface area contributed by atoms with Crippen LogP contribution in [0, 0.1) is 0 Å². The smallest absolute Gasteiger partial charge is 0.262 e. The first-order chi connectivity index (χ1) is 17.5. The summed E-state index contributed by atoms with van der Waals surface area (Å²) in [4.78, 5) is 38.8. The molecule has 0 unspecified atom stereocenters. The molecule has 0 spiro atoms. The fraction of sp³-hybridized carbons (Fsp3) is 0.222. The van der Waals surface area contributed by atoms with E-state index < -0.39 is 0 Å². The molecule has 0 atom stereocenters. The minimum Gasteiger partial charge on any atom is -0.495 e. The van der Waals surface area contributed by atoms with Crippen LogP contribution in [0.25, 0.3) is 0 Å². The van der Waals surface area contributed by atoms with Crippen molar-refractivity contribution in [2.75, 3.05) is 42.9 Å². The van der Waals surface area contributed by atoms with Crippen molar-refractivity contribution < 1.29 is 28.6 Å². The highest BCUT2D eigenvalue weighted by atomic mass is 16.5. The van der Waals surface area contributed by atoms with E-state index in [0.717, 1.165) is 12.1 Å². The lowest BCUT2D eigenvalue weighted by Crippen LogP contribution is -2.23. The summed E-state index contributed by atoms with van der Waals surface area (Å²) in [6, 6.07) is 18.9. The van der Waals surface area contributed by atoms with E-state index in [0.29, 0.717) is 47.2 Å². The van der Waals surface area contributed by atoms with E-state index in [9.17, 15) is 14.4 Å². The molecule has 9 nitrogen and oxygen atoms in total. The Morgan fingerprint density at radius 2 is 1.64 bits per heavy atom. The molecule has 3 amide bonds. The number of nitrogens with zero attached hydrogens (tertiary/aromatic N) is 1. The monoisotopic (exact) mass is 489 g/mol. The maximum Gasteiger partial charge on any atom is 0.262 e. The highest BCUT2D eigenvalue weighted by Gasteiger charge is 2.21. The number of rotatable bonds is 9. The third kappa shape index (κ3) is 5.75. The second-order valence-corrected chi connectivity index (χ2v) is 8.05. The van der Waals surface area contributed by atoms with Gasteiger partial charge in [0.25, 0.3) is 11.8 Å². The molecule has 36 heavy (non-hydrogen) atoms. The van der Waals surface area contributed by atoms with Gasteiger partial charge >= 0.3 is 0 Å². The summed E-state index contributed by atoms with van der Waals surface area (Å²) in [6.45, 7) is 0.451. The second kappa shape index (κ2) is 11.3. The largest absolute Gasteiger partial charge is 0.495 e. The zero-order valence-electron chi connectivity index (χ0n) is 20.1. The molecular formula is C27H27N3O6. The Labute approximate surface area is 209 Å². The van der Waals surface area contributed by atoms with Gasteiger partial charge in [0.05, 0.1) is 19.9 Å². The minimum absolute atomic E-state index is 0.110. The number of ether oxygens (including phenoxy) is 3. The number of para-hydroxylation sites is 2. The average molecular weight is 490 g/mol. The van der Waals surface area contributed by atoms with E-state index in [1.54, 1.807) is 59.5 Å². The topological polar surface area (TPSA) is 106 Å². The van der Waals surface area contributed by atoms with Crippen molar-refractivity contribution in [3.63, 3.8) is 0 Å².